The Balaban J connectivity index is 1.67. The summed E-state index contributed by atoms with van der Waals surface area (Å²) in [5.41, 5.74) is 0.221. The van der Waals surface area contributed by atoms with Gasteiger partial charge in [-0.25, -0.2) is 4.79 Å². The van der Waals surface area contributed by atoms with Gasteiger partial charge < -0.3 is 20.3 Å². The van der Waals surface area contributed by atoms with E-state index in [-0.39, 0.29) is 5.69 Å². The Labute approximate surface area is 118 Å². The van der Waals surface area contributed by atoms with Crippen molar-refractivity contribution in [1.29, 1.82) is 0 Å². The van der Waals surface area contributed by atoms with Gasteiger partial charge in [-0.2, -0.15) is 0 Å². The second kappa shape index (κ2) is 7.76. The van der Waals surface area contributed by atoms with Crippen molar-refractivity contribution in [1.82, 2.24) is 20.4 Å². The average molecular weight is 279 g/mol. The molecule has 2 rings (SSSR count). The van der Waals surface area contributed by atoms with Gasteiger partial charge in [0.15, 0.2) is 5.69 Å². The number of hydrogen-bond donors (Lipinski definition) is 2. The SMILES string of the molecule is COC(=O)c1ccc(NCCCN2CCNCC2)nn1. The van der Waals surface area contributed by atoms with Crippen LogP contribution in [0.4, 0.5) is 5.82 Å². The molecule has 0 amide bonds. The molecule has 0 aromatic carbocycles. The van der Waals surface area contributed by atoms with Crippen molar-refractivity contribution in [2.45, 2.75) is 6.42 Å². The molecule has 1 saturated heterocycles. The molecule has 0 radical (unpaired) electrons. The van der Waals surface area contributed by atoms with Gasteiger partial charge in [-0.3, -0.25) is 0 Å². The molecule has 0 aliphatic carbocycles. The number of carbonyl (C=O) groups excluding carboxylic acids is 1. The van der Waals surface area contributed by atoms with E-state index < -0.39 is 5.97 Å². The normalized spacial score (nSPS) is 15.8. The molecule has 1 aliphatic rings. The molecule has 7 heteroatoms. The fraction of sp³-hybridized carbons (Fsp3) is 0.615. The first kappa shape index (κ1) is 14.7. The Kier molecular flexibility index (Phi) is 5.69. The first-order valence-corrected chi connectivity index (χ1v) is 6.88. The van der Waals surface area contributed by atoms with Gasteiger partial charge in [-0.15, -0.1) is 10.2 Å². The topological polar surface area (TPSA) is 79.4 Å². The molecular weight excluding hydrogens is 258 g/mol. The van der Waals surface area contributed by atoms with E-state index in [4.69, 9.17) is 0 Å². The Hall–Kier alpha value is -1.73. The molecule has 0 saturated carbocycles. The molecule has 1 aromatic heterocycles. The molecule has 1 aliphatic heterocycles. The Morgan fingerprint density at radius 2 is 2.20 bits per heavy atom. The summed E-state index contributed by atoms with van der Waals surface area (Å²) in [6.07, 6.45) is 1.06. The van der Waals surface area contributed by atoms with E-state index in [0.29, 0.717) is 5.82 Å². The van der Waals surface area contributed by atoms with Crippen LogP contribution in [0.1, 0.15) is 16.9 Å². The molecule has 7 nitrogen and oxygen atoms in total. The molecule has 2 heterocycles. The summed E-state index contributed by atoms with van der Waals surface area (Å²) in [5, 5.41) is 14.3. The minimum Gasteiger partial charge on any atom is -0.464 e. The maximum Gasteiger partial charge on any atom is 0.358 e. The lowest BCUT2D eigenvalue weighted by molar-refractivity contribution is 0.0593. The minimum absolute atomic E-state index is 0.221. The van der Waals surface area contributed by atoms with Crippen LogP contribution in [0.2, 0.25) is 0 Å². The lowest BCUT2D eigenvalue weighted by atomic mass is 10.3. The van der Waals surface area contributed by atoms with E-state index >= 15 is 0 Å². The van der Waals surface area contributed by atoms with E-state index in [2.05, 4.69) is 30.5 Å². The molecule has 1 fully saturated rings. The maximum absolute atomic E-state index is 11.2. The number of carbonyl (C=O) groups is 1. The van der Waals surface area contributed by atoms with Crippen LogP contribution in [0.25, 0.3) is 0 Å². The van der Waals surface area contributed by atoms with Crippen molar-refractivity contribution in [3.63, 3.8) is 0 Å². The van der Waals surface area contributed by atoms with Gasteiger partial charge in [-0.1, -0.05) is 0 Å². The average Bonchev–Trinajstić information content (AvgIpc) is 2.52. The van der Waals surface area contributed by atoms with Crippen LogP contribution in [-0.4, -0.2) is 67.4 Å². The zero-order valence-electron chi connectivity index (χ0n) is 11.8. The molecule has 0 unspecified atom stereocenters. The summed E-state index contributed by atoms with van der Waals surface area (Å²) in [6, 6.07) is 3.35. The van der Waals surface area contributed by atoms with Gasteiger partial charge >= 0.3 is 5.97 Å². The minimum atomic E-state index is -0.470. The third kappa shape index (κ3) is 4.43. The first-order chi connectivity index (χ1) is 9.79. The summed E-state index contributed by atoms with van der Waals surface area (Å²) in [4.78, 5) is 13.7. The highest BCUT2D eigenvalue weighted by Crippen LogP contribution is 2.03. The van der Waals surface area contributed by atoms with Crippen LogP contribution in [0.15, 0.2) is 12.1 Å². The van der Waals surface area contributed by atoms with Gasteiger partial charge in [0.1, 0.15) is 5.82 Å². The second-order valence-corrected chi connectivity index (χ2v) is 4.67. The lowest BCUT2D eigenvalue weighted by Gasteiger charge is -2.27. The van der Waals surface area contributed by atoms with Crippen LogP contribution in [-0.2, 0) is 4.74 Å². The van der Waals surface area contributed by atoms with E-state index in [1.807, 2.05) is 0 Å². The monoisotopic (exact) mass is 279 g/mol. The van der Waals surface area contributed by atoms with Crippen LogP contribution in [0, 0.1) is 0 Å². The summed E-state index contributed by atoms with van der Waals surface area (Å²) < 4.78 is 4.57. The van der Waals surface area contributed by atoms with Gasteiger partial charge in [-0.05, 0) is 25.1 Å². The standard InChI is InChI=1S/C13H21N5O2/c1-20-13(19)11-3-4-12(17-16-11)15-5-2-8-18-9-6-14-7-10-18/h3-4,14H,2,5-10H2,1H3,(H,15,17). The summed E-state index contributed by atoms with van der Waals surface area (Å²) in [7, 11) is 1.33. The van der Waals surface area contributed by atoms with Gasteiger partial charge in [0.25, 0.3) is 0 Å². The zero-order valence-corrected chi connectivity index (χ0v) is 11.8. The number of piperazine rings is 1. The predicted molar refractivity (Wildman–Crippen MR) is 75.8 cm³/mol. The van der Waals surface area contributed by atoms with Gasteiger partial charge in [0, 0.05) is 32.7 Å². The Morgan fingerprint density at radius 3 is 2.85 bits per heavy atom. The number of nitrogens with zero attached hydrogens (tertiary/aromatic N) is 3. The number of anilines is 1. The van der Waals surface area contributed by atoms with Crippen LogP contribution in [0.5, 0.6) is 0 Å². The first-order valence-electron chi connectivity index (χ1n) is 6.88. The number of aromatic nitrogens is 2. The number of nitrogens with one attached hydrogen (secondary N) is 2. The van der Waals surface area contributed by atoms with E-state index in [1.165, 1.54) is 7.11 Å². The van der Waals surface area contributed by atoms with E-state index in [0.717, 1.165) is 45.7 Å². The van der Waals surface area contributed by atoms with Crippen molar-refractivity contribution < 1.29 is 9.53 Å². The van der Waals surface area contributed by atoms with Gasteiger partial charge in [0.2, 0.25) is 0 Å². The fourth-order valence-corrected chi connectivity index (χ4v) is 2.09. The van der Waals surface area contributed by atoms with Crippen molar-refractivity contribution >= 4 is 11.8 Å². The molecule has 0 spiro atoms. The molecule has 110 valence electrons. The highest BCUT2D eigenvalue weighted by molar-refractivity contribution is 5.86. The molecule has 1 aromatic rings. The number of hydrogen-bond acceptors (Lipinski definition) is 7. The maximum atomic E-state index is 11.2. The quantitative estimate of drug-likeness (QED) is 0.559. The molecule has 0 atom stereocenters. The third-order valence-electron chi connectivity index (χ3n) is 3.23. The van der Waals surface area contributed by atoms with Gasteiger partial charge in [0.05, 0.1) is 7.11 Å². The molecule has 2 N–H and O–H groups in total. The molecular formula is C13H21N5O2. The van der Waals surface area contributed by atoms with Crippen molar-refractivity contribution in [2.75, 3.05) is 51.7 Å². The zero-order chi connectivity index (χ0) is 14.2. The van der Waals surface area contributed by atoms with Crippen LogP contribution >= 0.6 is 0 Å². The number of esters is 1. The fourth-order valence-electron chi connectivity index (χ4n) is 2.09. The van der Waals surface area contributed by atoms with Crippen molar-refractivity contribution in [3.8, 4) is 0 Å². The number of rotatable bonds is 6. The highest BCUT2D eigenvalue weighted by atomic mass is 16.5. The summed E-state index contributed by atoms with van der Waals surface area (Å²) in [6.45, 7) is 6.32. The Morgan fingerprint density at radius 1 is 1.40 bits per heavy atom. The summed E-state index contributed by atoms with van der Waals surface area (Å²) in [5.74, 6) is 0.209. The van der Waals surface area contributed by atoms with Crippen LogP contribution in [0.3, 0.4) is 0 Å². The number of ether oxygens (including phenoxy) is 1. The Bertz CT molecular complexity index is 417. The van der Waals surface area contributed by atoms with E-state index in [9.17, 15) is 4.79 Å². The van der Waals surface area contributed by atoms with Crippen LogP contribution < -0.4 is 10.6 Å². The third-order valence-corrected chi connectivity index (χ3v) is 3.23. The molecule has 0 bridgehead atoms. The largest absolute Gasteiger partial charge is 0.464 e. The summed E-state index contributed by atoms with van der Waals surface area (Å²) >= 11 is 0. The smallest absolute Gasteiger partial charge is 0.358 e. The van der Waals surface area contributed by atoms with Crippen molar-refractivity contribution in [2.24, 2.45) is 0 Å². The second-order valence-electron chi connectivity index (χ2n) is 4.67. The number of methoxy groups -OCH3 is 1. The lowest BCUT2D eigenvalue weighted by Crippen LogP contribution is -2.44. The van der Waals surface area contributed by atoms with E-state index in [1.54, 1.807) is 12.1 Å². The molecule has 20 heavy (non-hydrogen) atoms. The van der Waals surface area contributed by atoms with Crippen molar-refractivity contribution in [3.05, 3.63) is 17.8 Å². The predicted octanol–water partition coefficient (Wildman–Crippen LogP) is -0.0296. The highest BCUT2D eigenvalue weighted by Gasteiger charge is 2.09.